The van der Waals surface area contributed by atoms with E-state index in [0.29, 0.717) is 6.54 Å². The Bertz CT molecular complexity index is 1010. The zero-order valence-electron chi connectivity index (χ0n) is 17.8. The smallest absolute Gasteiger partial charge is 0.215 e. The Labute approximate surface area is 207 Å². The van der Waals surface area contributed by atoms with Crippen molar-refractivity contribution in [2.45, 2.75) is 37.5 Å². The highest BCUT2D eigenvalue weighted by Gasteiger charge is 2.44. The molecule has 0 amide bonds. The van der Waals surface area contributed by atoms with Gasteiger partial charge in [0.25, 0.3) is 0 Å². The third-order valence-electron chi connectivity index (χ3n) is 5.31. The number of hydrogen-bond acceptors (Lipinski definition) is 3. The number of guanidine groups is 1. The number of rotatable bonds is 9. The molecule has 1 aliphatic carbocycles. The first-order chi connectivity index (χ1) is 14.4. The molecule has 1 saturated carbocycles. The predicted octanol–water partition coefficient (Wildman–Crippen LogP) is 3.79. The highest BCUT2D eigenvalue weighted by molar-refractivity contribution is 14.0. The molecule has 0 atom stereocenters. The summed E-state index contributed by atoms with van der Waals surface area (Å²) in [5.41, 5.74) is 3.08. The number of nitrogens with one attached hydrogen (secondary N) is 3. The van der Waals surface area contributed by atoms with Crippen LogP contribution in [0.4, 0.5) is 0 Å². The van der Waals surface area contributed by atoms with Crippen LogP contribution in [-0.2, 0) is 27.7 Å². The number of sulfonamides is 1. The summed E-state index contributed by atoms with van der Waals surface area (Å²) >= 11 is 6.17. The molecular formula is C22H30ClIN4O2S. The van der Waals surface area contributed by atoms with Crippen LogP contribution in [0, 0.1) is 0 Å². The molecule has 0 aliphatic heterocycles. The van der Waals surface area contributed by atoms with Crippen LogP contribution in [0.5, 0.6) is 0 Å². The van der Waals surface area contributed by atoms with Crippen LogP contribution in [0.15, 0.2) is 53.5 Å². The van der Waals surface area contributed by atoms with E-state index in [-0.39, 0.29) is 35.1 Å². The molecule has 1 aliphatic rings. The standard InChI is InChI=1S/C22H29ClN4O2S.HI/c1-3-25-21(27-16-22(10-11-22)19-8-5-9-20(23)13-19)26-14-17-6-4-7-18(12-17)15-30(28,29)24-2;/h4-9,12-13,24H,3,10-11,14-16H2,1-2H3,(H2,25,26,27);1H. The highest BCUT2D eigenvalue weighted by Crippen LogP contribution is 2.48. The molecule has 0 saturated heterocycles. The monoisotopic (exact) mass is 576 g/mol. The Balaban J connectivity index is 0.00000341. The summed E-state index contributed by atoms with van der Waals surface area (Å²) < 4.78 is 25.9. The average molecular weight is 577 g/mol. The quantitative estimate of drug-likeness (QED) is 0.241. The van der Waals surface area contributed by atoms with Gasteiger partial charge in [0.05, 0.1) is 12.3 Å². The Morgan fingerprint density at radius 1 is 1.10 bits per heavy atom. The average Bonchev–Trinajstić information content (AvgIpc) is 3.51. The minimum absolute atomic E-state index is 0. The molecule has 170 valence electrons. The molecule has 6 nitrogen and oxygen atoms in total. The minimum atomic E-state index is -3.30. The van der Waals surface area contributed by atoms with Gasteiger partial charge >= 0.3 is 0 Å². The molecule has 0 spiro atoms. The molecule has 3 rings (SSSR count). The fourth-order valence-corrected chi connectivity index (χ4v) is 4.36. The van der Waals surface area contributed by atoms with Gasteiger partial charge in [-0.2, -0.15) is 0 Å². The molecule has 9 heteroatoms. The van der Waals surface area contributed by atoms with Crippen molar-refractivity contribution in [3.05, 3.63) is 70.2 Å². The van der Waals surface area contributed by atoms with Gasteiger partial charge in [0, 0.05) is 23.5 Å². The molecule has 2 aromatic rings. The lowest BCUT2D eigenvalue weighted by Gasteiger charge is -2.19. The lowest BCUT2D eigenvalue weighted by Crippen LogP contribution is -2.41. The van der Waals surface area contributed by atoms with E-state index >= 15 is 0 Å². The van der Waals surface area contributed by atoms with Gasteiger partial charge in [-0.15, -0.1) is 24.0 Å². The van der Waals surface area contributed by atoms with Crippen molar-refractivity contribution >= 4 is 51.6 Å². The third-order valence-corrected chi connectivity index (χ3v) is 6.88. The number of nitrogens with zero attached hydrogens (tertiary/aromatic N) is 1. The van der Waals surface area contributed by atoms with Gasteiger partial charge in [0.1, 0.15) is 0 Å². The van der Waals surface area contributed by atoms with Gasteiger partial charge in [0.15, 0.2) is 5.96 Å². The van der Waals surface area contributed by atoms with E-state index in [0.717, 1.165) is 48.0 Å². The van der Waals surface area contributed by atoms with Gasteiger partial charge in [-0.1, -0.05) is 48.0 Å². The normalized spacial score (nSPS) is 15.1. The number of halogens is 2. The first-order valence-corrected chi connectivity index (χ1v) is 12.2. The molecule has 0 bridgehead atoms. The van der Waals surface area contributed by atoms with Crippen molar-refractivity contribution in [1.29, 1.82) is 0 Å². The Kier molecular flexibility index (Phi) is 9.60. The van der Waals surface area contributed by atoms with Crippen LogP contribution < -0.4 is 15.4 Å². The van der Waals surface area contributed by atoms with Crippen molar-refractivity contribution in [2.75, 3.05) is 20.1 Å². The van der Waals surface area contributed by atoms with Gasteiger partial charge in [-0.05, 0) is 55.6 Å². The van der Waals surface area contributed by atoms with Crippen LogP contribution in [0.25, 0.3) is 0 Å². The zero-order chi connectivity index (χ0) is 21.6. The second-order valence-electron chi connectivity index (χ2n) is 7.62. The van der Waals surface area contributed by atoms with Crippen molar-refractivity contribution < 1.29 is 8.42 Å². The number of benzene rings is 2. The van der Waals surface area contributed by atoms with Gasteiger partial charge in [-0.25, -0.2) is 18.1 Å². The first kappa shape index (κ1) is 25.9. The molecule has 0 heterocycles. The summed E-state index contributed by atoms with van der Waals surface area (Å²) in [7, 11) is -1.87. The van der Waals surface area contributed by atoms with Crippen LogP contribution in [0.1, 0.15) is 36.5 Å². The second kappa shape index (κ2) is 11.5. The van der Waals surface area contributed by atoms with E-state index in [4.69, 9.17) is 11.6 Å². The van der Waals surface area contributed by atoms with E-state index in [1.54, 1.807) is 0 Å². The molecular weight excluding hydrogens is 547 g/mol. The maximum absolute atomic E-state index is 11.8. The Hall–Kier alpha value is -1.36. The molecule has 0 aromatic heterocycles. The largest absolute Gasteiger partial charge is 0.357 e. The summed E-state index contributed by atoms with van der Waals surface area (Å²) in [4.78, 5) is 4.69. The van der Waals surface area contributed by atoms with E-state index in [1.165, 1.54) is 12.6 Å². The first-order valence-electron chi connectivity index (χ1n) is 10.1. The maximum Gasteiger partial charge on any atom is 0.215 e. The number of hydrogen-bond donors (Lipinski definition) is 3. The summed E-state index contributed by atoms with van der Waals surface area (Å²) in [6.07, 6.45) is 2.25. The Morgan fingerprint density at radius 2 is 1.81 bits per heavy atom. The topological polar surface area (TPSA) is 82.6 Å². The van der Waals surface area contributed by atoms with Crippen LogP contribution in [0.2, 0.25) is 5.02 Å². The molecule has 1 fully saturated rings. The Morgan fingerprint density at radius 3 is 2.45 bits per heavy atom. The summed E-state index contributed by atoms with van der Waals surface area (Å²) in [5, 5.41) is 7.51. The lowest BCUT2D eigenvalue weighted by atomic mass is 9.96. The SMILES string of the molecule is CCNC(=NCc1cccc(CS(=O)(=O)NC)c1)NCC1(c2cccc(Cl)c2)CC1.I. The molecule has 31 heavy (non-hydrogen) atoms. The van der Waals surface area contributed by atoms with E-state index in [1.807, 2.05) is 49.4 Å². The van der Waals surface area contributed by atoms with Crippen molar-refractivity contribution in [3.63, 3.8) is 0 Å². The fraction of sp³-hybridized carbons (Fsp3) is 0.409. The van der Waals surface area contributed by atoms with E-state index < -0.39 is 10.0 Å². The summed E-state index contributed by atoms with van der Waals surface area (Å²) in [5.74, 6) is 0.709. The van der Waals surface area contributed by atoms with Crippen molar-refractivity contribution in [1.82, 2.24) is 15.4 Å². The molecule has 2 aromatic carbocycles. The highest BCUT2D eigenvalue weighted by atomic mass is 127. The van der Waals surface area contributed by atoms with Crippen LogP contribution in [0.3, 0.4) is 0 Å². The number of aliphatic imine (C=N–C) groups is 1. The van der Waals surface area contributed by atoms with Gasteiger partial charge in [0.2, 0.25) is 10.0 Å². The third kappa shape index (κ3) is 7.62. The van der Waals surface area contributed by atoms with Crippen molar-refractivity contribution in [2.24, 2.45) is 4.99 Å². The fourth-order valence-electron chi connectivity index (χ4n) is 3.41. The minimum Gasteiger partial charge on any atom is -0.357 e. The molecule has 0 radical (unpaired) electrons. The van der Waals surface area contributed by atoms with Gasteiger partial charge < -0.3 is 10.6 Å². The van der Waals surface area contributed by atoms with E-state index in [2.05, 4.69) is 26.4 Å². The van der Waals surface area contributed by atoms with Crippen molar-refractivity contribution in [3.8, 4) is 0 Å². The zero-order valence-corrected chi connectivity index (χ0v) is 21.7. The second-order valence-corrected chi connectivity index (χ2v) is 9.99. The van der Waals surface area contributed by atoms with Gasteiger partial charge in [-0.3, -0.25) is 0 Å². The summed E-state index contributed by atoms with van der Waals surface area (Å²) in [6.45, 7) is 4.05. The van der Waals surface area contributed by atoms with Crippen LogP contribution in [-0.4, -0.2) is 34.5 Å². The molecule has 3 N–H and O–H groups in total. The van der Waals surface area contributed by atoms with E-state index in [9.17, 15) is 8.42 Å². The summed E-state index contributed by atoms with van der Waals surface area (Å²) in [6, 6.07) is 15.6. The lowest BCUT2D eigenvalue weighted by molar-refractivity contribution is 0.587. The molecule has 0 unspecified atom stereocenters. The maximum atomic E-state index is 11.8. The predicted molar refractivity (Wildman–Crippen MR) is 139 cm³/mol. The van der Waals surface area contributed by atoms with Crippen LogP contribution >= 0.6 is 35.6 Å².